The lowest BCUT2D eigenvalue weighted by Gasteiger charge is -2.11. The minimum Gasteiger partial charge on any atom is -0.339 e. The Balaban J connectivity index is 1.67. The third kappa shape index (κ3) is 4.01. The van der Waals surface area contributed by atoms with Crippen molar-refractivity contribution in [1.29, 1.82) is 0 Å². The van der Waals surface area contributed by atoms with Crippen LogP contribution in [-0.2, 0) is 16.0 Å². The predicted octanol–water partition coefficient (Wildman–Crippen LogP) is 5.52. The number of fused-ring (bicyclic) bond motifs is 1. The second-order valence-electron chi connectivity index (χ2n) is 6.56. The van der Waals surface area contributed by atoms with Crippen molar-refractivity contribution >= 4 is 43.0 Å². The van der Waals surface area contributed by atoms with Crippen LogP contribution in [0.4, 0.5) is 24.7 Å². The van der Waals surface area contributed by atoms with Crippen molar-refractivity contribution in [3.63, 3.8) is 0 Å². The number of anilines is 2. The lowest BCUT2D eigenvalue weighted by molar-refractivity contribution is -0.137. The highest BCUT2D eigenvalue weighted by atomic mass is 32.2. The Bertz CT molecular complexity index is 1330. The Labute approximate surface area is 174 Å². The highest BCUT2D eigenvalue weighted by Gasteiger charge is 2.34. The van der Waals surface area contributed by atoms with Gasteiger partial charge in [-0.3, -0.25) is 4.98 Å². The maximum Gasteiger partial charge on any atom is 0.418 e. The van der Waals surface area contributed by atoms with E-state index in [2.05, 4.69) is 14.7 Å². The molecule has 154 valence electrons. The molecule has 5 nitrogen and oxygen atoms in total. The summed E-state index contributed by atoms with van der Waals surface area (Å²) in [6.45, 7) is 0. The van der Waals surface area contributed by atoms with Gasteiger partial charge in [-0.15, -0.1) is 0 Å². The number of alkyl halides is 3. The molecule has 0 amide bonds. The molecule has 2 aromatic heterocycles. The lowest BCUT2D eigenvalue weighted by atomic mass is 10.0. The van der Waals surface area contributed by atoms with Gasteiger partial charge >= 0.3 is 6.18 Å². The first kappa shape index (κ1) is 20.3. The normalized spacial score (nSPS) is 12.3. The van der Waals surface area contributed by atoms with E-state index in [1.165, 1.54) is 24.4 Å². The fourth-order valence-corrected chi connectivity index (χ4v) is 4.37. The van der Waals surface area contributed by atoms with E-state index in [0.717, 1.165) is 29.2 Å². The number of nitrogens with one attached hydrogen (secondary N) is 1. The van der Waals surface area contributed by atoms with E-state index in [9.17, 15) is 21.6 Å². The van der Waals surface area contributed by atoms with E-state index in [1.807, 2.05) is 0 Å². The van der Waals surface area contributed by atoms with Gasteiger partial charge in [-0.2, -0.15) is 17.5 Å². The minimum atomic E-state index is -4.50. The zero-order valence-corrected chi connectivity index (χ0v) is 17.1. The summed E-state index contributed by atoms with van der Waals surface area (Å²) in [5.74, 6) is 0.533. The molecule has 4 aromatic rings. The van der Waals surface area contributed by atoms with Gasteiger partial charge in [0.25, 0.3) is 0 Å². The van der Waals surface area contributed by atoms with Gasteiger partial charge in [0, 0.05) is 29.1 Å². The second-order valence-corrected chi connectivity index (χ2v) is 9.38. The number of sulfone groups is 1. The molecule has 0 atom stereocenters. The highest BCUT2D eigenvalue weighted by molar-refractivity contribution is 7.90. The predicted molar refractivity (Wildman–Crippen MR) is 111 cm³/mol. The van der Waals surface area contributed by atoms with Crippen LogP contribution in [0.15, 0.2) is 65.7 Å². The van der Waals surface area contributed by atoms with Crippen LogP contribution in [0, 0.1) is 0 Å². The van der Waals surface area contributed by atoms with Gasteiger partial charge in [-0.1, -0.05) is 6.07 Å². The average molecular weight is 449 g/mol. The third-order valence-electron chi connectivity index (χ3n) is 4.40. The Hall–Kier alpha value is -2.98. The van der Waals surface area contributed by atoms with Gasteiger partial charge < -0.3 is 5.32 Å². The number of benzene rings is 2. The van der Waals surface area contributed by atoms with Gasteiger partial charge in [-0.25, -0.2) is 8.42 Å². The van der Waals surface area contributed by atoms with Crippen molar-refractivity contribution in [2.45, 2.75) is 11.1 Å². The number of rotatable bonds is 4. The molecular formula is C20H14F3N3O2S2. The van der Waals surface area contributed by atoms with Crippen LogP contribution >= 0.6 is 11.5 Å². The monoisotopic (exact) mass is 449 g/mol. The molecule has 10 heteroatoms. The molecule has 0 unspecified atom stereocenters. The zero-order valence-electron chi connectivity index (χ0n) is 15.4. The van der Waals surface area contributed by atoms with Crippen LogP contribution in [0.25, 0.3) is 21.3 Å². The topological polar surface area (TPSA) is 72.0 Å². The molecular weight excluding hydrogens is 435 g/mol. The first-order chi connectivity index (χ1) is 14.1. The van der Waals surface area contributed by atoms with E-state index in [1.54, 1.807) is 30.3 Å². The van der Waals surface area contributed by atoms with Crippen LogP contribution in [-0.4, -0.2) is 24.0 Å². The molecule has 0 aliphatic carbocycles. The van der Waals surface area contributed by atoms with Crippen LogP contribution in [0.1, 0.15) is 5.56 Å². The van der Waals surface area contributed by atoms with E-state index >= 15 is 0 Å². The summed E-state index contributed by atoms with van der Waals surface area (Å²) in [5, 5.41) is 3.85. The molecule has 0 fully saturated rings. The average Bonchev–Trinajstić information content (AvgIpc) is 3.09. The summed E-state index contributed by atoms with van der Waals surface area (Å²) in [5.41, 5.74) is 0.0650. The fourth-order valence-electron chi connectivity index (χ4n) is 2.96. The molecule has 0 saturated carbocycles. The third-order valence-corrected chi connectivity index (χ3v) is 6.34. The first-order valence-electron chi connectivity index (χ1n) is 8.62. The summed E-state index contributed by atoms with van der Waals surface area (Å²) >= 11 is 1.15. The number of hydrogen-bond donors (Lipinski definition) is 1. The van der Waals surface area contributed by atoms with Crippen LogP contribution in [0.5, 0.6) is 0 Å². The standard InChI is InChI=1S/C20H14F3N3O2S2/c1-30(27,28)14-7-5-13(6-8-14)25-19-15-9-4-12(11-17(15)29-26-19)18-16(20(21,22)23)3-2-10-24-18/h2-11H,1H3,(H,25,26). The van der Waals surface area contributed by atoms with Gasteiger partial charge in [0.05, 0.1) is 20.9 Å². The molecule has 0 radical (unpaired) electrons. The maximum atomic E-state index is 13.3. The van der Waals surface area contributed by atoms with Crippen molar-refractivity contribution in [3.05, 3.63) is 66.4 Å². The molecule has 2 heterocycles. The quantitative estimate of drug-likeness (QED) is 0.444. The summed E-state index contributed by atoms with van der Waals surface area (Å²) in [6, 6.07) is 13.4. The molecule has 0 bridgehead atoms. The minimum absolute atomic E-state index is 0.133. The van der Waals surface area contributed by atoms with E-state index in [-0.39, 0.29) is 10.6 Å². The highest BCUT2D eigenvalue weighted by Crippen LogP contribution is 2.38. The maximum absolute atomic E-state index is 13.3. The lowest BCUT2D eigenvalue weighted by Crippen LogP contribution is -2.08. The Morgan fingerprint density at radius 3 is 2.43 bits per heavy atom. The zero-order chi connectivity index (χ0) is 21.5. The second kappa shape index (κ2) is 7.37. The molecule has 0 spiro atoms. The number of aromatic nitrogens is 2. The number of pyridine rings is 1. The number of nitrogens with zero attached hydrogens (tertiary/aromatic N) is 2. The van der Waals surface area contributed by atoms with Crippen molar-refractivity contribution in [2.24, 2.45) is 0 Å². The van der Waals surface area contributed by atoms with E-state index in [4.69, 9.17) is 0 Å². The van der Waals surface area contributed by atoms with Crippen LogP contribution < -0.4 is 5.32 Å². The molecule has 0 saturated heterocycles. The molecule has 30 heavy (non-hydrogen) atoms. The summed E-state index contributed by atoms with van der Waals surface area (Å²) in [4.78, 5) is 4.13. The van der Waals surface area contributed by atoms with Gasteiger partial charge in [-0.05, 0) is 60.1 Å². The Morgan fingerprint density at radius 1 is 1.03 bits per heavy atom. The number of halogens is 3. The van der Waals surface area contributed by atoms with Gasteiger partial charge in [0.1, 0.15) is 0 Å². The van der Waals surface area contributed by atoms with Crippen molar-refractivity contribution in [2.75, 3.05) is 11.6 Å². The Morgan fingerprint density at radius 2 is 1.77 bits per heavy atom. The van der Waals surface area contributed by atoms with Crippen LogP contribution in [0.2, 0.25) is 0 Å². The molecule has 0 aliphatic rings. The SMILES string of the molecule is CS(=O)(=O)c1ccc(Nc2nsc3cc(-c4ncccc4C(F)(F)F)ccc23)cc1. The summed E-state index contributed by atoms with van der Waals surface area (Å²) in [6.07, 6.45) is -2.04. The van der Waals surface area contributed by atoms with E-state index in [0.29, 0.717) is 21.8 Å². The molecule has 0 aliphatic heterocycles. The summed E-state index contributed by atoms with van der Waals surface area (Å²) < 4.78 is 68.1. The van der Waals surface area contributed by atoms with Crippen LogP contribution in [0.3, 0.4) is 0 Å². The molecule has 1 N–H and O–H groups in total. The largest absolute Gasteiger partial charge is 0.418 e. The number of hydrogen-bond acceptors (Lipinski definition) is 6. The summed E-state index contributed by atoms with van der Waals surface area (Å²) in [7, 11) is -3.29. The van der Waals surface area contributed by atoms with Crippen molar-refractivity contribution in [1.82, 2.24) is 9.36 Å². The van der Waals surface area contributed by atoms with E-state index < -0.39 is 21.6 Å². The first-order valence-corrected chi connectivity index (χ1v) is 11.3. The molecule has 4 rings (SSSR count). The fraction of sp³-hybridized carbons (Fsp3) is 0.100. The van der Waals surface area contributed by atoms with Crippen molar-refractivity contribution < 1.29 is 21.6 Å². The van der Waals surface area contributed by atoms with Gasteiger partial charge in [0.15, 0.2) is 15.7 Å². The van der Waals surface area contributed by atoms with Gasteiger partial charge in [0.2, 0.25) is 0 Å². The molecule has 2 aromatic carbocycles. The smallest absolute Gasteiger partial charge is 0.339 e. The Kier molecular flexibility index (Phi) is 4.99. The van der Waals surface area contributed by atoms with Crippen molar-refractivity contribution in [3.8, 4) is 11.3 Å².